The molecular formula is C16H18N2O3. The molecule has 2 N–H and O–H groups in total. The van der Waals surface area contributed by atoms with Crippen LogP contribution >= 0.6 is 0 Å². The lowest BCUT2D eigenvalue weighted by atomic mass is 9.89. The molecule has 1 aliphatic rings. The van der Waals surface area contributed by atoms with Crippen molar-refractivity contribution in [2.45, 2.75) is 13.3 Å². The molecule has 1 aromatic heterocycles. The average molecular weight is 286 g/mol. The maximum absolute atomic E-state index is 12.4. The lowest BCUT2D eigenvalue weighted by Gasteiger charge is -2.20. The highest BCUT2D eigenvalue weighted by molar-refractivity contribution is 6.08. The van der Waals surface area contributed by atoms with Crippen molar-refractivity contribution in [3.63, 3.8) is 0 Å². The minimum Gasteiger partial charge on any atom is -0.464 e. The summed E-state index contributed by atoms with van der Waals surface area (Å²) in [7, 11) is 0. The van der Waals surface area contributed by atoms with Gasteiger partial charge in [0.05, 0.1) is 17.5 Å². The standard InChI is InChI=1S/C16H18N2O3/c1-16(15(17)20)6-7-18(10-16)8-13(19)12-9-21-14-5-3-2-4-11(12)14/h2-5,9H,6-8,10H2,1H3,(H2,17,20). The van der Waals surface area contributed by atoms with Gasteiger partial charge in [-0.1, -0.05) is 18.2 Å². The SMILES string of the molecule is CC1(C(N)=O)CCN(CC(=O)c2coc3ccccc23)C1. The summed E-state index contributed by atoms with van der Waals surface area (Å²) in [4.78, 5) is 25.9. The van der Waals surface area contributed by atoms with Crippen LogP contribution in [0.2, 0.25) is 0 Å². The number of carbonyl (C=O) groups excluding carboxylic acids is 2. The summed E-state index contributed by atoms with van der Waals surface area (Å²) in [6, 6.07) is 7.48. The second kappa shape index (κ2) is 5.00. The molecular weight excluding hydrogens is 268 g/mol. The summed E-state index contributed by atoms with van der Waals surface area (Å²) < 4.78 is 5.40. The predicted octanol–water partition coefficient (Wildman–Crippen LogP) is 1.81. The molecule has 0 radical (unpaired) electrons. The Balaban J connectivity index is 1.74. The average Bonchev–Trinajstić information content (AvgIpc) is 3.03. The summed E-state index contributed by atoms with van der Waals surface area (Å²) in [6.45, 7) is 3.38. The largest absolute Gasteiger partial charge is 0.464 e. The molecule has 1 atom stereocenters. The number of likely N-dealkylation sites (tertiary alicyclic amines) is 1. The Hall–Kier alpha value is -2.14. The first-order chi connectivity index (χ1) is 9.99. The summed E-state index contributed by atoms with van der Waals surface area (Å²) in [5.74, 6) is -0.292. The number of nitrogens with zero attached hydrogens (tertiary/aromatic N) is 1. The maximum atomic E-state index is 12.4. The van der Waals surface area contributed by atoms with Crippen LogP contribution in [0, 0.1) is 5.41 Å². The molecule has 1 saturated heterocycles. The Labute approximate surface area is 122 Å². The van der Waals surface area contributed by atoms with Crippen LogP contribution in [0.25, 0.3) is 11.0 Å². The van der Waals surface area contributed by atoms with Crippen LogP contribution in [0.5, 0.6) is 0 Å². The van der Waals surface area contributed by atoms with Crippen molar-refractivity contribution in [2.24, 2.45) is 11.1 Å². The van der Waals surface area contributed by atoms with Crippen LogP contribution in [0.4, 0.5) is 0 Å². The summed E-state index contributed by atoms with van der Waals surface area (Å²) in [5.41, 5.74) is 6.21. The molecule has 2 aromatic rings. The highest BCUT2D eigenvalue weighted by Gasteiger charge is 2.39. The van der Waals surface area contributed by atoms with E-state index in [9.17, 15) is 9.59 Å². The molecule has 1 amide bonds. The van der Waals surface area contributed by atoms with Gasteiger partial charge in [-0.3, -0.25) is 14.5 Å². The minimum atomic E-state index is -0.529. The van der Waals surface area contributed by atoms with Gasteiger partial charge in [-0.2, -0.15) is 0 Å². The van der Waals surface area contributed by atoms with Crippen molar-refractivity contribution >= 4 is 22.7 Å². The number of nitrogens with two attached hydrogens (primary N) is 1. The third kappa shape index (κ3) is 2.45. The fourth-order valence-corrected chi connectivity index (χ4v) is 2.87. The van der Waals surface area contributed by atoms with Gasteiger partial charge in [-0.25, -0.2) is 0 Å². The number of benzene rings is 1. The van der Waals surface area contributed by atoms with Crippen LogP contribution in [-0.2, 0) is 4.79 Å². The summed E-state index contributed by atoms with van der Waals surface area (Å²) in [6.07, 6.45) is 2.21. The smallest absolute Gasteiger partial charge is 0.224 e. The molecule has 2 heterocycles. The molecule has 0 bridgehead atoms. The van der Waals surface area contributed by atoms with Gasteiger partial charge in [-0.05, 0) is 26.0 Å². The quantitative estimate of drug-likeness (QED) is 0.870. The second-order valence-electron chi connectivity index (χ2n) is 5.95. The number of furan rings is 1. The first-order valence-corrected chi connectivity index (χ1v) is 7.01. The lowest BCUT2D eigenvalue weighted by molar-refractivity contribution is -0.126. The first kappa shape index (κ1) is 13.8. The zero-order valence-electron chi connectivity index (χ0n) is 12.0. The van der Waals surface area contributed by atoms with E-state index < -0.39 is 5.41 Å². The Kier molecular flexibility index (Phi) is 3.29. The molecule has 5 nitrogen and oxygen atoms in total. The number of para-hydroxylation sites is 1. The Morgan fingerprint density at radius 2 is 2.14 bits per heavy atom. The molecule has 110 valence electrons. The van der Waals surface area contributed by atoms with E-state index in [-0.39, 0.29) is 18.2 Å². The van der Waals surface area contributed by atoms with Crippen LogP contribution in [0.3, 0.4) is 0 Å². The molecule has 1 fully saturated rings. The molecule has 0 aliphatic carbocycles. The predicted molar refractivity (Wildman–Crippen MR) is 78.9 cm³/mol. The number of primary amides is 1. The Bertz CT molecular complexity index is 706. The molecule has 0 spiro atoms. The number of Topliss-reactive ketones (excluding diaryl/α,β-unsaturated/α-hetero) is 1. The molecule has 3 rings (SSSR count). The third-order valence-electron chi connectivity index (χ3n) is 4.30. The van der Waals surface area contributed by atoms with Crippen LogP contribution in [-0.4, -0.2) is 36.2 Å². The molecule has 1 unspecified atom stereocenters. The van der Waals surface area contributed by atoms with Gasteiger partial charge >= 0.3 is 0 Å². The normalized spacial score (nSPS) is 22.7. The monoisotopic (exact) mass is 286 g/mol. The first-order valence-electron chi connectivity index (χ1n) is 7.01. The fraction of sp³-hybridized carbons (Fsp3) is 0.375. The molecule has 1 aromatic carbocycles. The van der Waals surface area contributed by atoms with E-state index in [1.165, 1.54) is 6.26 Å². The van der Waals surface area contributed by atoms with Crippen LogP contribution in [0.15, 0.2) is 34.9 Å². The number of rotatable bonds is 4. The van der Waals surface area contributed by atoms with E-state index in [0.717, 1.165) is 5.39 Å². The Morgan fingerprint density at radius 3 is 2.86 bits per heavy atom. The van der Waals surface area contributed by atoms with Gasteiger partial charge in [-0.15, -0.1) is 0 Å². The van der Waals surface area contributed by atoms with E-state index in [1.54, 1.807) is 0 Å². The zero-order valence-corrected chi connectivity index (χ0v) is 12.0. The minimum absolute atomic E-state index is 0.00803. The van der Waals surface area contributed by atoms with Gasteiger partial charge in [0.15, 0.2) is 5.78 Å². The molecule has 21 heavy (non-hydrogen) atoms. The number of amides is 1. The van der Waals surface area contributed by atoms with E-state index in [1.807, 2.05) is 36.1 Å². The third-order valence-corrected chi connectivity index (χ3v) is 4.30. The second-order valence-corrected chi connectivity index (χ2v) is 5.95. The van der Waals surface area contributed by atoms with Crippen LogP contribution in [0.1, 0.15) is 23.7 Å². The van der Waals surface area contributed by atoms with Gasteiger partial charge < -0.3 is 10.2 Å². The highest BCUT2D eigenvalue weighted by atomic mass is 16.3. The van der Waals surface area contributed by atoms with Gasteiger partial charge in [0.25, 0.3) is 0 Å². The van der Waals surface area contributed by atoms with Crippen LogP contribution < -0.4 is 5.73 Å². The van der Waals surface area contributed by atoms with E-state index in [2.05, 4.69) is 0 Å². The maximum Gasteiger partial charge on any atom is 0.224 e. The number of ketones is 1. The van der Waals surface area contributed by atoms with E-state index in [4.69, 9.17) is 10.2 Å². The van der Waals surface area contributed by atoms with Crippen molar-refractivity contribution in [2.75, 3.05) is 19.6 Å². The van der Waals surface area contributed by atoms with E-state index >= 15 is 0 Å². The Morgan fingerprint density at radius 1 is 1.38 bits per heavy atom. The fourth-order valence-electron chi connectivity index (χ4n) is 2.87. The zero-order chi connectivity index (χ0) is 15.0. The highest BCUT2D eigenvalue weighted by Crippen LogP contribution is 2.30. The number of hydrogen-bond acceptors (Lipinski definition) is 4. The van der Waals surface area contributed by atoms with Gasteiger partial charge in [0.1, 0.15) is 11.8 Å². The van der Waals surface area contributed by atoms with Crippen molar-refractivity contribution in [3.8, 4) is 0 Å². The van der Waals surface area contributed by atoms with Crippen molar-refractivity contribution < 1.29 is 14.0 Å². The molecule has 1 aliphatic heterocycles. The van der Waals surface area contributed by atoms with Crippen molar-refractivity contribution in [1.82, 2.24) is 4.90 Å². The lowest BCUT2D eigenvalue weighted by Crippen LogP contribution is -2.38. The summed E-state index contributed by atoms with van der Waals surface area (Å²) in [5, 5.41) is 0.833. The van der Waals surface area contributed by atoms with Gasteiger partial charge in [0.2, 0.25) is 5.91 Å². The number of fused-ring (bicyclic) bond motifs is 1. The van der Waals surface area contributed by atoms with Gasteiger partial charge in [0, 0.05) is 11.9 Å². The van der Waals surface area contributed by atoms with Crippen molar-refractivity contribution in [1.29, 1.82) is 0 Å². The molecule has 0 saturated carbocycles. The topological polar surface area (TPSA) is 76.5 Å². The number of hydrogen-bond donors (Lipinski definition) is 1. The molecule has 5 heteroatoms. The van der Waals surface area contributed by atoms with Crippen molar-refractivity contribution in [3.05, 3.63) is 36.1 Å². The summed E-state index contributed by atoms with van der Waals surface area (Å²) >= 11 is 0. The van der Waals surface area contributed by atoms with E-state index in [0.29, 0.717) is 30.7 Å². The number of carbonyl (C=O) groups is 2.